The van der Waals surface area contributed by atoms with Gasteiger partial charge >= 0.3 is 0 Å². The van der Waals surface area contributed by atoms with Crippen LogP contribution in [-0.4, -0.2) is 23.2 Å². The molecule has 0 radical (unpaired) electrons. The van der Waals surface area contributed by atoms with Crippen LogP contribution in [-0.2, 0) is 0 Å². The number of halogens is 1. The van der Waals surface area contributed by atoms with Gasteiger partial charge in [0, 0.05) is 12.4 Å². The molecule has 1 nitrogen and oxygen atoms in total. The fourth-order valence-electron chi connectivity index (χ4n) is 0.424. The molecule has 0 aliphatic rings. The van der Waals surface area contributed by atoms with Crippen molar-refractivity contribution in [2.24, 2.45) is 5.92 Å². The van der Waals surface area contributed by atoms with Crippen molar-refractivity contribution in [2.45, 2.75) is 6.92 Å². The van der Waals surface area contributed by atoms with Crippen LogP contribution in [0.5, 0.6) is 0 Å². The Hall–Kier alpha value is 0.530. The molecule has 0 aromatic carbocycles. The van der Waals surface area contributed by atoms with Crippen molar-refractivity contribution in [1.82, 2.24) is 0 Å². The molecule has 0 amide bonds. The summed E-state index contributed by atoms with van der Waals surface area (Å²) in [5.74, 6) is 2.34. The third kappa shape index (κ3) is 6.65. The minimum absolute atomic E-state index is 0.280. The fourth-order valence-corrected chi connectivity index (χ4v) is 1.76. The lowest BCUT2D eigenvalue weighted by Crippen LogP contribution is -2.03. The molecule has 0 aliphatic carbocycles. The Morgan fingerprint density at radius 1 is 1.80 bits per heavy atom. The topological polar surface area (TPSA) is 20.2 Å². The Morgan fingerprint density at radius 3 is 2.80 bits per heavy atom. The maximum absolute atomic E-state index is 8.65. The number of hydrogen-bond acceptors (Lipinski definition) is 2. The van der Waals surface area contributed by atoms with Crippen LogP contribution < -0.4 is 0 Å². The number of aliphatic hydroxyl groups excluding tert-OH is 1. The molecule has 0 aliphatic heterocycles. The summed E-state index contributed by atoms with van der Waals surface area (Å²) in [6.07, 6.45) is 0. The largest absolute Gasteiger partial charge is 0.396 e. The highest BCUT2D eigenvalue weighted by molar-refractivity contribution is 9.11. The van der Waals surface area contributed by atoms with Gasteiger partial charge < -0.3 is 5.11 Å². The molecule has 3 heteroatoms. The summed E-state index contributed by atoms with van der Waals surface area (Å²) < 4.78 is 1.02. The smallest absolute Gasteiger partial charge is 0.0464 e. The molecule has 0 rings (SSSR count). The van der Waals surface area contributed by atoms with E-state index in [9.17, 15) is 0 Å². The van der Waals surface area contributed by atoms with Crippen LogP contribution in [0.4, 0.5) is 0 Å². The van der Waals surface area contributed by atoms with Crippen molar-refractivity contribution >= 4 is 27.7 Å². The van der Waals surface area contributed by atoms with E-state index in [2.05, 4.69) is 22.5 Å². The standard InChI is InChI=1S/C7H13BrOS/c1-6(3-9)4-10-5-7(2)8/h6,9H,2-5H2,1H3. The van der Waals surface area contributed by atoms with Crippen molar-refractivity contribution in [1.29, 1.82) is 0 Å². The van der Waals surface area contributed by atoms with E-state index < -0.39 is 0 Å². The summed E-state index contributed by atoms with van der Waals surface area (Å²) in [5.41, 5.74) is 0. The molecule has 1 unspecified atom stereocenters. The maximum Gasteiger partial charge on any atom is 0.0464 e. The summed E-state index contributed by atoms with van der Waals surface area (Å²) in [6.45, 7) is 6.02. The van der Waals surface area contributed by atoms with Gasteiger partial charge in [0.2, 0.25) is 0 Å². The fraction of sp³-hybridized carbons (Fsp3) is 0.714. The van der Waals surface area contributed by atoms with E-state index in [-0.39, 0.29) is 6.61 Å². The Labute approximate surface area is 75.0 Å². The first-order chi connectivity index (χ1) is 4.66. The molecular formula is C7H13BrOS. The summed E-state index contributed by atoms with van der Waals surface area (Å²) in [4.78, 5) is 0. The second-order valence-corrected chi connectivity index (χ2v) is 4.47. The van der Waals surface area contributed by atoms with E-state index in [1.54, 1.807) is 11.8 Å². The summed E-state index contributed by atoms with van der Waals surface area (Å²) in [7, 11) is 0. The zero-order chi connectivity index (χ0) is 7.98. The normalized spacial score (nSPS) is 13.1. The van der Waals surface area contributed by atoms with Crippen LogP contribution in [0.1, 0.15) is 6.92 Å². The Morgan fingerprint density at radius 2 is 2.40 bits per heavy atom. The lowest BCUT2D eigenvalue weighted by Gasteiger charge is -2.05. The van der Waals surface area contributed by atoms with E-state index in [1.165, 1.54) is 0 Å². The molecule has 60 valence electrons. The highest BCUT2D eigenvalue weighted by Crippen LogP contribution is 2.14. The molecule has 0 bridgehead atoms. The molecule has 0 fully saturated rings. The molecule has 0 heterocycles. The van der Waals surface area contributed by atoms with Gasteiger partial charge in [-0.25, -0.2) is 0 Å². The van der Waals surface area contributed by atoms with Crippen LogP contribution in [0.25, 0.3) is 0 Å². The molecule has 1 N–H and O–H groups in total. The maximum atomic E-state index is 8.65. The average molecular weight is 225 g/mol. The van der Waals surface area contributed by atoms with Crippen molar-refractivity contribution in [3.63, 3.8) is 0 Å². The molecule has 0 aromatic rings. The molecule has 10 heavy (non-hydrogen) atoms. The highest BCUT2D eigenvalue weighted by Gasteiger charge is 1.98. The summed E-state index contributed by atoms with van der Waals surface area (Å²) >= 11 is 5.06. The van der Waals surface area contributed by atoms with E-state index in [4.69, 9.17) is 5.11 Å². The first kappa shape index (κ1) is 10.5. The van der Waals surface area contributed by atoms with E-state index >= 15 is 0 Å². The zero-order valence-electron chi connectivity index (χ0n) is 6.14. The van der Waals surface area contributed by atoms with Crippen molar-refractivity contribution in [3.05, 3.63) is 11.1 Å². The van der Waals surface area contributed by atoms with Crippen LogP contribution >= 0.6 is 27.7 Å². The molecule has 0 saturated heterocycles. The van der Waals surface area contributed by atoms with Gasteiger partial charge in [0.05, 0.1) is 0 Å². The van der Waals surface area contributed by atoms with Crippen LogP contribution in [0, 0.1) is 5.92 Å². The SMILES string of the molecule is C=C(Br)CSCC(C)CO. The van der Waals surface area contributed by atoms with E-state index in [0.717, 1.165) is 16.0 Å². The minimum Gasteiger partial charge on any atom is -0.396 e. The Bertz CT molecular complexity index is 106. The molecule has 0 saturated carbocycles. The third-order valence-electron chi connectivity index (χ3n) is 0.973. The Balaban J connectivity index is 3.11. The number of aliphatic hydroxyl groups is 1. The predicted molar refractivity (Wildman–Crippen MR) is 51.6 cm³/mol. The van der Waals surface area contributed by atoms with Gasteiger partial charge in [-0.2, -0.15) is 11.8 Å². The Kier molecular flexibility index (Phi) is 6.59. The van der Waals surface area contributed by atoms with Gasteiger partial charge in [0.25, 0.3) is 0 Å². The van der Waals surface area contributed by atoms with Crippen LogP contribution in [0.2, 0.25) is 0 Å². The molecule has 1 atom stereocenters. The molecule has 0 spiro atoms. The van der Waals surface area contributed by atoms with Gasteiger partial charge in [-0.05, 0) is 16.2 Å². The molecule has 0 aromatic heterocycles. The summed E-state index contributed by atoms with van der Waals surface area (Å²) in [6, 6.07) is 0. The lowest BCUT2D eigenvalue weighted by molar-refractivity contribution is 0.250. The van der Waals surface area contributed by atoms with Crippen molar-refractivity contribution < 1.29 is 5.11 Å². The third-order valence-corrected chi connectivity index (χ3v) is 2.98. The van der Waals surface area contributed by atoms with Crippen molar-refractivity contribution in [2.75, 3.05) is 18.1 Å². The zero-order valence-corrected chi connectivity index (χ0v) is 8.54. The average Bonchev–Trinajstić information content (AvgIpc) is 1.87. The van der Waals surface area contributed by atoms with E-state index in [0.29, 0.717) is 5.92 Å². The van der Waals surface area contributed by atoms with E-state index in [1.807, 2.05) is 6.92 Å². The van der Waals surface area contributed by atoms with Gasteiger partial charge in [0.15, 0.2) is 0 Å². The lowest BCUT2D eigenvalue weighted by atomic mass is 10.2. The van der Waals surface area contributed by atoms with Gasteiger partial charge in [-0.3, -0.25) is 0 Å². The monoisotopic (exact) mass is 224 g/mol. The predicted octanol–water partition coefficient (Wildman–Crippen LogP) is 2.26. The second kappa shape index (κ2) is 6.25. The minimum atomic E-state index is 0.280. The number of thioether (sulfide) groups is 1. The quantitative estimate of drug-likeness (QED) is 0.774. The second-order valence-electron chi connectivity index (χ2n) is 2.32. The first-order valence-electron chi connectivity index (χ1n) is 3.18. The van der Waals surface area contributed by atoms with Crippen LogP contribution in [0.15, 0.2) is 11.1 Å². The van der Waals surface area contributed by atoms with Gasteiger partial charge in [0.1, 0.15) is 0 Å². The summed E-state index contributed by atoms with van der Waals surface area (Å²) in [5, 5.41) is 8.65. The number of rotatable bonds is 5. The van der Waals surface area contributed by atoms with Gasteiger partial charge in [-0.1, -0.05) is 29.4 Å². The van der Waals surface area contributed by atoms with Crippen molar-refractivity contribution in [3.8, 4) is 0 Å². The highest BCUT2D eigenvalue weighted by atomic mass is 79.9. The van der Waals surface area contributed by atoms with Gasteiger partial charge in [-0.15, -0.1) is 0 Å². The molecular weight excluding hydrogens is 212 g/mol. The number of hydrogen-bond donors (Lipinski definition) is 1. The first-order valence-corrected chi connectivity index (χ1v) is 5.13. The van der Waals surface area contributed by atoms with Crippen LogP contribution in [0.3, 0.4) is 0 Å².